The van der Waals surface area contributed by atoms with E-state index in [2.05, 4.69) is 96.2 Å². The Hall–Kier alpha value is -1.33. The normalized spacial score (nSPS) is 10.6. The van der Waals surface area contributed by atoms with Crippen LogP contribution in [0, 0.1) is 3.57 Å². The molecule has 0 atom stereocenters. The van der Waals surface area contributed by atoms with Gasteiger partial charge < -0.3 is 8.83 Å². The van der Waals surface area contributed by atoms with Crippen molar-refractivity contribution < 1.29 is 8.83 Å². The number of hydrogen-bond acceptors (Lipinski definition) is 2. The molecule has 2 aromatic heterocycles. The quantitative estimate of drug-likeness (QED) is 0.147. The third kappa shape index (κ3) is 4.27. The summed E-state index contributed by atoms with van der Waals surface area (Å²) in [5, 5.41) is 4.78. The highest BCUT2D eigenvalue weighted by atomic mass is 128. The van der Waals surface area contributed by atoms with Crippen LogP contribution in [0.3, 0.4) is 0 Å². The SMILES string of the molecule is II.Ic1cccc2c1oc1ccccc12.c1ccc2c(c1)oc1ccccc12. The van der Waals surface area contributed by atoms with E-state index in [1.807, 2.05) is 54.6 Å². The largest absolute Gasteiger partial charge is 0.456 e. The van der Waals surface area contributed by atoms with Gasteiger partial charge in [-0.15, -0.1) is 0 Å². The zero-order valence-corrected chi connectivity index (χ0v) is 21.6. The van der Waals surface area contributed by atoms with Gasteiger partial charge >= 0.3 is 0 Å². The third-order valence-electron chi connectivity index (χ3n) is 4.64. The van der Waals surface area contributed by atoms with Crippen molar-refractivity contribution in [2.75, 3.05) is 0 Å². The summed E-state index contributed by atoms with van der Waals surface area (Å²) in [6.45, 7) is 0. The van der Waals surface area contributed by atoms with Crippen molar-refractivity contribution >= 4 is 104 Å². The average Bonchev–Trinajstić information content (AvgIpc) is 3.35. The van der Waals surface area contributed by atoms with Crippen LogP contribution in [-0.4, -0.2) is 0 Å². The van der Waals surface area contributed by atoms with Gasteiger partial charge in [0.2, 0.25) is 0 Å². The number of halogens is 3. The van der Waals surface area contributed by atoms with E-state index >= 15 is 0 Å². The molecular formula is C24H15I3O2. The molecule has 0 fully saturated rings. The lowest BCUT2D eigenvalue weighted by molar-refractivity contribution is 0.666. The summed E-state index contributed by atoms with van der Waals surface area (Å²) in [6, 6.07) is 30.6. The van der Waals surface area contributed by atoms with Crippen LogP contribution in [0.5, 0.6) is 0 Å². The Morgan fingerprint density at radius 2 is 0.862 bits per heavy atom. The zero-order valence-electron chi connectivity index (χ0n) is 15.1. The lowest BCUT2D eigenvalue weighted by Crippen LogP contribution is -1.69. The maximum Gasteiger partial charge on any atom is 0.148 e. The Bertz CT molecular complexity index is 1350. The van der Waals surface area contributed by atoms with Crippen LogP contribution in [0.4, 0.5) is 0 Å². The molecule has 0 unspecified atom stereocenters. The summed E-state index contributed by atoms with van der Waals surface area (Å²) >= 11 is 6.54. The fraction of sp³-hybridized carbons (Fsp3) is 0. The second-order valence-corrected chi connectivity index (χ2v) is 7.47. The van der Waals surface area contributed by atoms with E-state index in [0.29, 0.717) is 0 Å². The predicted molar refractivity (Wildman–Crippen MR) is 148 cm³/mol. The summed E-state index contributed by atoms with van der Waals surface area (Å²) in [5.41, 5.74) is 3.88. The maximum absolute atomic E-state index is 5.78. The van der Waals surface area contributed by atoms with Gasteiger partial charge in [-0.2, -0.15) is 0 Å². The number of fused-ring (bicyclic) bond motifs is 6. The fourth-order valence-electron chi connectivity index (χ4n) is 3.39. The van der Waals surface area contributed by atoms with Crippen molar-refractivity contribution in [3.05, 3.63) is 94.6 Å². The average molecular weight is 716 g/mol. The molecule has 29 heavy (non-hydrogen) atoms. The molecule has 0 radical (unpaired) electrons. The van der Waals surface area contributed by atoms with Crippen molar-refractivity contribution in [1.29, 1.82) is 0 Å². The van der Waals surface area contributed by atoms with Crippen molar-refractivity contribution in [1.82, 2.24) is 0 Å². The molecule has 4 aromatic carbocycles. The Kier molecular flexibility index (Phi) is 6.96. The van der Waals surface area contributed by atoms with Crippen LogP contribution in [0.25, 0.3) is 43.9 Å². The molecule has 0 aliphatic rings. The minimum atomic E-state index is 0.962. The van der Waals surface area contributed by atoms with Gasteiger partial charge in [-0.3, -0.25) is 0 Å². The molecule has 5 heteroatoms. The van der Waals surface area contributed by atoms with Gasteiger partial charge in [0.15, 0.2) is 0 Å². The van der Waals surface area contributed by atoms with E-state index in [0.717, 1.165) is 25.9 Å². The second-order valence-electron chi connectivity index (χ2n) is 6.31. The molecule has 0 spiro atoms. The number of furan rings is 2. The molecular weight excluding hydrogens is 701 g/mol. The van der Waals surface area contributed by atoms with Crippen molar-refractivity contribution in [2.45, 2.75) is 0 Å². The molecule has 0 N–H and O–H groups in total. The molecule has 0 aliphatic heterocycles. The molecule has 0 saturated carbocycles. The lowest BCUT2D eigenvalue weighted by atomic mass is 10.2. The Balaban J connectivity index is 0.000000131. The summed E-state index contributed by atoms with van der Waals surface area (Å²) in [4.78, 5) is 0. The van der Waals surface area contributed by atoms with Crippen LogP contribution in [0.15, 0.2) is 99.8 Å². The molecule has 0 aliphatic carbocycles. The standard InChI is InChI=1S/C12H7IO.C12H8O.I2/c13-10-6-3-5-9-8-4-1-2-7-11(8)14-12(9)10;1-3-7-11-9(5-1)10-6-2-4-8-12(10)13-11;1-2/h1-7H;1-8H;. The van der Waals surface area contributed by atoms with E-state index in [1.165, 1.54) is 21.5 Å². The first-order chi connectivity index (χ1) is 14.3. The van der Waals surface area contributed by atoms with Crippen LogP contribution in [0.2, 0.25) is 0 Å². The van der Waals surface area contributed by atoms with Gasteiger partial charge in [-0.05, 0) is 46.9 Å². The number of hydrogen-bond donors (Lipinski definition) is 0. The molecule has 0 saturated heterocycles. The molecule has 0 bridgehead atoms. The highest BCUT2D eigenvalue weighted by molar-refractivity contribution is 15.0. The van der Waals surface area contributed by atoms with E-state index in [4.69, 9.17) is 8.83 Å². The molecule has 144 valence electrons. The van der Waals surface area contributed by atoms with E-state index in [1.54, 1.807) is 0 Å². The van der Waals surface area contributed by atoms with Gasteiger partial charge in [-0.1, -0.05) is 66.7 Å². The minimum absolute atomic E-state index is 0.962. The first kappa shape index (κ1) is 20.9. The zero-order chi connectivity index (χ0) is 20.2. The fourth-order valence-corrected chi connectivity index (χ4v) is 4.00. The van der Waals surface area contributed by atoms with Gasteiger partial charge in [-0.25, -0.2) is 0 Å². The van der Waals surface area contributed by atoms with E-state index < -0.39 is 0 Å². The number of benzene rings is 4. The maximum atomic E-state index is 5.78. The van der Waals surface area contributed by atoms with Crippen molar-refractivity contribution in [3.63, 3.8) is 0 Å². The van der Waals surface area contributed by atoms with Crippen molar-refractivity contribution in [3.8, 4) is 0 Å². The summed E-state index contributed by atoms with van der Waals surface area (Å²) in [5.74, 6) is 0. The summed E-state index contributed by atoms with van der Waals surface area (Å²) < 4.78 is 12.6. The van der Waals surface area contributed by atoms with Gasteiger partial charge in [0, 0.05) is 58.8 Å². The van der Waals surface area contributed by atoms with Crippen molar-refractivity contribution in [2.24, 2.45) is 0 Å². The Morgan fingerprint density at radius 1 is 0.448 bits per heavy atom. The first-order valence-electron chi connectivity index (χ1n) is 8.87. The molecule has 6 aromatic rings. The third-order valence-corrected chi connectivity index (χ3v) is 5.49. The van der Waals surface area contributed by atoms with E-state index in [9.17, 15) is 0 Å². The highest BCUT2D eigenvalue weighted by Gasteiger charge is 2.07. The monoisotopic (exact) mass is 716 g/mol. The topological polar surface area (TPSA) is 26.3 Å². The first-order valence-corrected chi connectivity index (χ1v) is 16.2. The smallest absolute Gasteiger partial charge is 0.148 e. The molecule has 2 nitrogen and oxygen atoms in total. The van der Waals surface area contributed by atoms with Gasteiger partial charge in [0.1, 0.15) is 22.3 Å². The highest BCUT2D eigenvalue weighted by Crippen LogP contribution is 2.31. The summed E-state index contributed by atoms with van der Waals surface area (Å²) in [6.07, 6.45) is 0. The van der Waals surface area contributed by atoms with Crippen LogP contribution < -0.4 is 0 Å². The number of rotatable bonds is 0. The van der Waals surface area contributed by atoms with Crippen LogP contribution >= 0.6 is 59.8 Å². The molecule has 2 heterocycles. The Morgan fingerprint density at radius 3 is 1.41 bits per heavy atom. The van der Waals surface area contributed by atoms with Gasteiger partial charge in [0.25, 0.3) is 0 Å². The van der Waals surface area contributed by atoms with Gasteiger partial charge in [0.05, 0.1) is 3.57 Å². The predicted octanol–water partition coefficient (Wildman–Crippen LogP) is 9.55. The summed E-state index contributed by atoms with van der Waals surface area (Å²) in [7, 11) is 0. The van der Waals surface area contributed by atoms with Crippen LogP contribution in [0.1, 0.15) is 0 Å². The molecule has 0 amide bonds. The number of para-hydroxylation sites is 4. The van der Waals surface area contributed by atoms with Crippen LogP contribution in [-0.2, 0) is 0 Å². The lowest BCUT2D eigenvalue weighted by Gasteiger charge is -1.90. The molecule has 6 rings (SSSR count). The Labute approximate surface area is 205 Å². The minimum Gasteiger partial charge on any atom is -0.456 e. The second kappa shape index (κ2) is 9.65. The van der Waals surface area contributed by atoms with E-state index in [-0.39, 0.29) is 0 Å².